The predicted octanol–water partition coefficient (Wildman–Crippen LogP) is 2.44. The van der Waals surface area contributed by atoms with Crippen LogP contribution in [0.25, 0.3) is 10.9 Å². The SMILES string of the molecule is Cn1ccc2cc(CCN)cc(Br)c21. The number of hydrogen-bond donors (Lipinski definition) is 1. The van der Waals surface area contributed by atoms with Crippen LogP contribution in [0.1, 0.15) is 5.56 Å². The molecule has 2 aromatic rings. The lowest BCUT2D eigenvalue weighted by Gasteiger charge is -2.03. The van der Waals surface area contributed by atoms with Crippen molar-refractivity contribution >= 4 is 26.8 Å². The number of hydrogen-bond acceptors (Lipinski definition) is 1. The second-order valence-corrected chi connectivity index (χ2v) is 4.34. The molecule has 0 fully saturated rings. The fourth-order valence-corrected chi connectivity index (χ4v) is 2.56. The zero-order chi connectivity index (χ0) is 10.1. The number of nitrogens with zero attached hydrogens (tertiary/aromatic N) is 1. The lowest BCUT2D eigenvalue weighted by molar-refractivity contribution is 0.957. The molecule has 0 aliphatic carbocycles. The quantitative estimate of drug-likeness (QED) is 0.875. The van der Waals surface area contributed by atoms with Gasteiger partial charge in [0.2, 0.25) is 0 Å². The van der Waals surface area contributed by atoms with E-state index >= 15 is 0 Å². The zero-order valence-electron chi connectivity index (χ0n) is 8.13. The van der Waals surface area contributed by atoms with Gasteiger partial charge >= 0.3 is 0 Å². The maximum absolute atomic E-state index is 5.54. The van der Waals surface area contributed by atoms with E-state index in [4.69, 9.17) is 5.73 Å². The van der Waals surface area contributed by atoms with E-state index in [-0.39, 0.29) is 0 Å². The summed E-state index contributed by atoms with van der Waals surface area (Å²) in [6.07, 6.45) is 3.01. The Kier molecular flexibility index (Phi) is 2.61. The standard InChI is InChI=1S/C11H13BrN2/c1-14-5-3-9-6-8(2-4-13)7-10(12)11(9)14/h3,5-7H,2,4,13H2,1H3. The first-order valence-electron chi connectivity index (χ1n) is 4.66. The number of rotatable bonds is 2. The highest BCUT2D eigenvalue weighted by Crippen LogP contribution is 2.26. The normalized spacial score (nSPS) is 11.1. The minimum absolute atomic E-state index is 0.699. The third-order valence-electron chi connectivity index (χ3n) is 2.42. The van der Waals surface area contributed by atoms with Gasteiger partial charge in [0.25, 0.3) is 0 Å². The number of halogens is 1. The second-order valence-electron chi connectivity index (χ2n) is 3.48. The summed E-state index contributed by atoms with van der Waals surface area (Å²) in [4.78, 5) is 0. The first-order chi connectivity index (χ1) is 6.72. The third-order valence-corrected chi connectivity index (χ3v) is 3.02. The topological polar surface area (TPSA) is 30.9 Å². The Labute approximate surface area is 91.8 Å². The van der Waals surface area contributed by atoms with E-state index in [0.717, 1.165) is 10.9 Å². The summed E-state index contributed by atoms with van der Waals surface area (Å²) in [5.74, 6) is 0. The Morgan fingerprint density at radius 1 is 1.43 bits per heavy atom. The maximum atomic E-state index is 5.54. The van der Waals surface area contributed by atoms with Crippen molar-refractivity contribution in [1.29, 1.82) is 0 Å². The van der Waals surface area contributed by atoms with E-state index in [0.29, 0.717) is 6.54 Å². The molecule has 2 nitrogen and oxygen atoms in total. The van der Waals surface area contributed by atoms with Crippen LogP contribution in [0, 0.1) is 0 Å². The molecule has 0 aliphatic heterocycles. The number of aromatic nitrogens is 1. The molecule has 1 aromatic carbocycles. The maximum Gasteiger partial charge on any atom is 0.0622 e. The Bertz CT molecular complexity index is 460. The van der Waals surface area contributed by atoms with Crippen molar-refractivity contribution in [2.75, 3.05) is 6.54 Å². The minimum Gasteiger partial charge on any atom is -0.350 e. The molecule has 0 aliphatic rings. The molecule has 0 radical (unpaired) electrons. The molecule has 0 bridgehead atoms. The van der Waals surface area contributed by atoms with Gasteiger partial charge < -0.3 is 10.3 Å². The van der Waals surface area contributed by atoms with Crippen LogP contribution in [0.5, 0.6) is 0 Å². The van der Waals surface area contributed by atoms with E-state index in [1.807, 2.05) is 0 Å². The molecule has 14 heavy (non-hydrogen) atoms. The van der Waals surface area contributed by atoms with Crippen LogP contribution in [-0.2, 0) is 13.5 Å². The molecule has 3 heteroatoms. The molecule has 74 valence electrons. The summed E-state index contributed by atoms with van der Waals surface area (Å²) < 4.78 is 3.26. The van der Waals surface area contributed by atoms with Crippen LogP contribution in [-0.4, -0.2) is 11.1 Å². The van der Waals surface area contributed by atoms with Gasteiger partial charge in [0.15, 0.2) is 0 Å². The van der Waals surface area contributed by atoms with Gasteiger partial charge in [0.1, 0.15) is 0 Å². The van der Waals surface area contributed by atoms with Gasteiger partial charge in [-0.2, -0.15) is 0 Å². The van der Waals surface area contributed by atoms with Crippen molar-refractivity contribution in [3.05, 3.63) is 34.4 Å². The molecule has 1 heterocycles. The monoisotopic (exact) mass is 252 g/mol. The fraction of sp³-hybridized carbons (Fsp3) is 0.273. The molecule has 2 N–H and O–H groups in total. The van der Waals surface area contributed by atoms with Gasteiger partial charge in [-0.15, -0.1) is 0 Å². The third kappa shape index (κ3) is 1.57. The highest BCUT2D eigenvalue weighted by atomic mass is 79.9. The van der Waals surface area contributed by atoms with Gasteiger partial charge in [0, 0.05) is 23.1 Å². The number of fused-ring (bicyclic) bond motifs is 1. The smallest absolute Gasteiger partial charge is 0.0622 e. The van der Waals surface area contributed by atoms with Crippen LogP contribution in [0.4, 0.5) is 0 Å². The molecular weight excluding hydrogens is 240 g/mol. The van der Waals surface area contributed by atoms with Gasteiger partial charge in [-0.3, -0.25) is 0 Å². The summed E-state index contributed by atoms with van der Waals surface area (Å²) in [5.41, 5.74) is 8.07. The van der Waals surface area contributed by atoms with Crippen LogP contribution in [0.2, 0.25) is 0 Å². The lowest BCUT2D eigenvalue weighted by atomic mass is 10.1. The highest BCUT2D eigenvalue weighted by Gasteiger charge is 2.04. The van der Waals surface area contributed by atoms with E-state index in [9.17, 15) is 0 Å². The number of benzene rings is 1. The summed E-state index contributed by atoms with van der Waals surface area (Å²) >= 11 is 3.59. The van der Waals surface area contributed by atoms with Gasteiger partial charge in [-0.05, 0) is 52.7 Å². The van der Waals surface area contributed by atoms with Crippen molar-refractivity contribution in [2.24, 2.45) is 12.8 Å². The van der Waals surface area contributed by atoms with E-state index in [2.05, 4.69) is 51.9 Å². The van der Waals surface area contributed by atoms with Crippen molar-refractivity contribution in [3.8, 4) is 0 Å². The van der Waals surface area contributed by atoms with Gasteiger partial charge in [0.05, 0.1) is 5.52 Å². The molecule has 2 rings (SSSR count). The first-order valence-corrected chi connectivity index (χ1v) is 5.45. The second kappa shape index (κ2) is 3.75. The van der Waals surface area contributed by atoms with Crippen molar-refractivity contribution < 1.29 is 0 Å². The van der Waals surface area contributed by atoms with Crippen molar-refractivity contribution in [2.45, 2.75) is 6.42 Å². The molecular formula is C11H13BrN2. The van der Waals surface area contributed by atoms with E-state index in [1.165, 1.54) is 16.5 Å². The Morgan fingerprint density at radius 2 is 2.21 bits per heavy atom. The predicted molar refractivity (Wildman–Crippen MR) is 63.4 cm³/mol. The van der Waals surface area contributed by atoms with Crippen molar-refractivity contribution in [1.82, 2.24) is 4.57 Å². The summed E-state index contributed by atoms with van der Waals surface area (Å²) in [7, 11) is 2.05. The summed E-state index contributed by atoms with van der Waals surface area (Å²) in [5, 5.41) is 1.27. The molecule has 0 saturated heterocycles. The Morgan fingerprint density at radius 3 is 2.93 bits per heavy atom. The highest BCUT2D eigenvalue weighted by molar-refractivity contribution is 9.10. The fourth-order valence-electron chi connectivity index (χ4n) is 1.76. The van der Waals surface area contributed by atoms with Gasteiger partial charge in [-0.25, -0.2) is 0 Å². The molecule has 0 atom stereocenters. The van der Waals surface area contributed by atoms with E-state index in [1.54, 1.807) is 0 Å². The summed E-state index contributed by atoms with van der Waals surface area (Å²) in [6.45, 7) is 0.699. The molecule has 0 saturated carbocycles. The molecule has 0 amide bonds. The Balaban J connectivity index is 2.62. The zero-order valence-corrected chi connectivity index (χ0v) is 9.71. The van der Waals surface area contributed by atoms with Crippen LogP contribution in [0.15, 0.2) is 28.9 Å². The van der Waals surface area contributed by atoms with Crippen molar-refractivity contribution in [3.63, 3.8) is 0 Å². The molecule has 0 unspecified atom stereocenters. The number of aryl methyl sites for hydroxylation is 1. The molecule has 1 aromatic heterocycles. The van der Waals surface area contributed by atoms with Gasteiger partial charge in [-0.1, -0.05) is 0 Å². The van der Waals surface area contributed by atoms with Crippen LogP contribution >= 0.6 is 15.9 Å². The number of nitrogens with two attached hydrogens (primary N) is 1. The average molecular weight is 253 g/mol. The minimum atomic E-state index is 0.699. The largest absolute Gasteiger partial charge is 0.350 e. The van der Waals surface area contributed by atoms with E-state index < -0.39 is 0 Å². The lowest BCUT2D eigenvalue weighted by Crippen LogP contribution is -2.02. The first kappa shape index (κ1) is 9.74. The average Bonchev–Trinajstić information content (AvgIpc) is 2.48. The Hall–Kier alpha value is -0.800. The molecule has 0 spiro atoms. The van der Waals surface area contributed by atoms with Crippen LogP contribution in [0.3, 0.4) is 0 Å². The summed E-state index contributed by atoms with van der Waals surface area (Å²) in [6, 6.07) is 6.47. The van der Waals surface area contributed by atoms with Crippen LogP contribution < -0.4 is 5.73 Å².